The number of hydrogen-bond donors (Lipinski definition) is 0. The van der Waals surface area contributed by atoms with Crippen molar-refractivity contribution in [3.8, 4) is 51.0 Å². The molecule has 0 fully saturated rings. The van der Waals surface area contributed by atoms with E-state index in [4.69, 9.17) is 19.9 Å². The van der Waals surface area contributed by atoms with Gasteiger partial charge in [0.25, 0.3) is 0 Å². The van der Waals surface area contributed by atoms with Crippen molar-refractivity contribution in [2.45, 2.75) is 0 Å². The van der Waals surface area contributed by atoms with Crippen molar-refractivity contribution in [3.63, 3.8) is 0 Å². The summed E-state index contributed by atoms with van der Waals surface area (Å²) in [4.78, 5) is 20.5. The third kappa shape index (κ3) is 5.05. The van der Waals surface area contributed by atoms with Crippen LogP contribution in [0.15, 0.2) is 194 Å². The van der Waals surface area contributed by atoms with Gasteiger partial charge in [0.2, 0.25) is 0 Å². The maximum absolute atomic E-state index is 5.18. The normalized spacial score (nSPS) is 11.8. The number of fused-ring (bicyclic) bond motifs is 11. The van der Waals surface area contributed by atoms with Gasteiger partial charge in [0, 0.05) is 43.9 Å². The molecule has 0 unspecified atom stereocenters. The Kier molecular flexibility index (Phi) is 7.13. The van der Waals surface area contributed by atoms with Gasteiger partial charge in [0.1, 0.15) is 5.65 Å². The largest absolute Gasteiger partial charge is 0.309 e. The highest BCUT2D eigenvalue weighted by Crippen LogP contribution is 2.40. The number of benzene rings is 8. The van der Waals surface area contributed by atoms with E-state index in [2.05, 4.69) is 142 Å². The van der Waals surface area contributed by atoms with Crippen molar-refractivity contribution in [1.29, 1.82) is 0 Å². The van der Waals surface area contributed by atoms with Crippen LogP contribution in [0.1, 0.15) is 0 Å². The van der Waals surface area contributed by atoms with Gasteiger partial charge in [-0.1, -0.05) is 146 Å². The van der Waals surface area contributed by atoms with Crippen LogP contribution in [0.4, 0.5) is 0 Å². The Labute approximate surface area is 333 Å². The van der Waals surface area contributed by atoms with Gasteiger partial charge >= 0.3 is 0 Å². The van der Waals surface area contributed by atoms with E-state index >= 15 is 0 Å². The molecular weight excluding hydrogens is 709 g/mol. The van der Waals surface area contributed by atoms with Gasteiger partial charge in [0.15, 0.2) is 17.5 Å². The second-order valence-corrected chi connectivity index (χ2v) is 14.7. The standard InChI is InChI=1S/C52H32N6/c1-4-16-33(17-5-1)36-28-37(51-55-49(34-18-6-2-7-19-34)54-50(56-51)35-20-8-3-9-21-35)30-38(29-36)57-45-26-14-12-23-40(45)43-31-42-39-22-10-11-24-41(39)52-53-44-25-13-15-27-46(44)58(52)48(42)32-47(43)57/h1-32H. The zero-order valence-corrected chi connectivity index (χ0v) is 31.2. The highest BCUT2D eigenvalue weighted by molar-refractivity contribution is 6.20. The van der Waals surface area contributed by atoms with Crippen molar-refractivity contribution in [2.24, 2.45) is 0 Å². The molecule has 0 saturated carbocycles. The Morgan fingerprint density at radius 2 is 0.810 bits per heavy atom. The van der Waals surface area contributed by atoms with Crippen molar-refractivity contribution >= 4 is 60.2 Å². The first-order chi connectivity index (χ1) is 28.7. The molecule has 4 aromatic heterocycles. The summed E-state index contributed by atoms with van der Waals surface area (Å²) >= 11 is 0. The highest BCUT2D eigenvalue weighted by Gasteiger charge is 2.20. The molecule has 0 aliphatic carbocycles. The molecule has 0 aliphatic heterocycles. The molecule has 0 saturated heterocycles. The molecule has 0 N–H and O–H groups in total. The smallest absolute Gasteiger partial charge is 0.164 e. The number of hydrogen-bond acceptors (Lipinski definition) is 4. The molecular formula is C52H32N6. The van der Waals surface area contributed by atoms with Gasteiger partial charge in [-0.05, 0) is 65.0 Å². The van der Waals surface area contributed by atoms with Gasteiger partial charge < -0.3 is 4.57 Å². The minimum absolute atomic E-state index is 0.607. The third-order valence-corrected chi connectivity index (χ3v) is 11.3. The zero-order valence-electron chi connectivity index (χ0n) is 31.2. The second kappa shape index (κ2) is 12.8. The molecule has 270 valence electrons. The lowest BCUT2D eigenvalue weighted by Crippen LogP contribution is -2.02. The molecule has 0 atom stereocenters. The van der Waals surface area contributed by atoms with Gasteiger partial charge in [-0.2, -0.15) is 0 Å². The molecule has 0 amide bonds. The number of nitrogens with zero attached hydrogens (tertiary/aromatic N) is 6. The van der Waals surface area contributed by atoms with Crippen molar-refractivity contribution < 1.29 is 0 Å². The Balaban J connectivity index is 1.18. The molecule has 0 radical (unpaired) electrons. The summed E-state index contributed by atoms with van der Waals surface area (Å²) in [6, 6.07) is 68.1. The lowest BCUT2D eigenvalue weighted by atomic mass is 10.0. The minimum atomic E-state index is 0.607. The van der Waals surface area contributed by atoms with Gasteiger partial charge in [-0.3, -0.25) is 4.40 Å². The van der Waals surface area contributed by atoms with Crippen LogP contribution in [0.2, 0.25) is 0 Å². The first-order valence-corrected chi connectivity index (χ1v) is 19.5. The fraction of sp³-hybridized carbons (Fsp3) is 0. The maximum Gasteiger partial charge on any atom is 0.164 e. The van der Waals surface area contributed by atoms with E-state index in [1.54, 1.807) is 0 Å². The van der Waals surface area contributed by atoms with Crippen LogP contribution in [0.25, 0.3) is 111 Å². The fourth-order valence-corrected chi connectivity index (χ4v) is 8.65. The molecule has 12 aromatic rings. The predicted molar refractivity (Wildman–Crippen MR) is 237 cm³/mol. The quantitative estimate of drug-likeness (QED) is 0.165. The van der Waals surface area contributed by atoms with Crippen LogP contribution in [-0.2, 0) is 0 Å². The van der Waals surface area contributed by atoms with Crippen LogP contribution in [-0.4, -0.2) is 28.9 Å². The van der Waals surface area contributed by atoms with E-state index in [1.807, 2.05) is 60.7 Å². The number of imidazole rings is 1. The fourth-order valence-electron chi connectivity index (χ4n) is 8.65. The van der Waals surface area contributed by atoms with Crippen molar-refractivity contribution in [3.05, 3.63) is 194 Å². The summed E-state index contributed by atoms with van der Waals surface area (Å²) in [5.74, 6) is 1.86. The first-order valence-electron chi connectivity index (χ1n) is 19.5. The van der Waals surface area contributed by atoms with Crippen LogP contribution < -0.4 is 0 Å². The Hall–Kier alpha value is -7.96. The van der Waals surface area contributed by atoms with E-state index < -0.39 is 0 Å². The Bertz CT molecular complexity index is 3500. The van der Waals surface area contributed by atoms with E-state index in [0.29, 0.717) is 17.5 Å². The molecule has 4 heterocycles. The van der Waals surface area contributed by atoms with Crippen LogP contribution >= 0.6 is 0 Å². The lowest BCUT2D eigenvalue weighted by molar-refractivity contribution is 1.07. The maximum atomic E-state index is 5.18. The molecule has 6 heteroatoms. The van der Waals surface area contributed by atoms with Crippen LogP contribution in [0.5, 0.6) is 0 Å². The average Bonchev–Trinajstić information content (AvgIpc) is 3.85. The summed E-state index contributed by atoms with van der Waals surface area (Å²) in [5.41, 5.74) is 12.3. The summed E-state index contributed by atoms with van der Waals surface area (Å²) in [5, 5.41) is 5.87. The van der Waals surface area contributed by atoms with Crippen LogP contribution in [0.3, 0.4) is 0 Å². The second-order valence-electron chi connectivity index (χ2n) is 14.7. The van der Waals surface area contributed by atoms with Crippen molar-refractivity contribution in [2.75, 3.05) is 0 Å². The first kappa shape index (κ1) is 32.3. The highest BCUT2D eigenvalue weighted by atomic mass is 15.0. The van der Waals surface area contributed by atoms with Gasteiger partial charge in [-0.15, -0.1) is 0 Å². The third-order valence-electron chi connectivity index (χ3n) is 11.3. The number of pyridine rings is 1. The summed E-state index contributed by atoms with van der Waals surface area (Å²) < 4.78 is 4.74. The van der Waals surface area contributed by atoms with E-state index in [0.717, 1.165) is 72.1 Å². The molecule has 8 aromatic carbocycles. The molecule has 0 bridgehead atoms. The monoisotopic (exact) mass is 740 g/mol. The van der Waals surface area contributed by atoms with Gasteiger partial charge in [-0.25, -0.2) is 19.9 Å². The van der Waals surface area contributed by atoms with E-state index in [9.17, 15) is 0 Å². The summed E-state index contributed by atoms with van der Waals surface area (Å²) in [6.45, 7) is 0. The Morgan fingerprint density at radius 3 is 1.50 bits per heavy atom. The average molecular weight is 741 g/mol. The minimum Gasteiger partial charge on any atom is -0.309 e. The molecule has 12 rings (SSSR count). The molecule has 0 spiro atoms. The number of para-hydroxylation sites is 3. The molecule has 0 aliphatic rings. The lowest BCUT2D eigenvalue weighted by Gasteiger charge is -2.15. The number of rotatable bonds is 5. The predicted octanol–water partition coefficient (Wildman–Crippen LogP) is 12.7. The Morgan fingerprint density at radius 1 is 0.293 bits per heavy atom. The molecule has 58 heavy (non-hydrogen) atoms. The summed E-state index contributed by atoms with van der Waals surface area (Å²) in [6.07, 6.45) is 0. The topological polar surface area (TPSA) is 60.9 Å². The van der Waals surface area contributed by atoms with Crippen LogP contribution in [0, 0.1) is 0 Å². The van der Waals surface area contributed by atoms with E-state index in [-0.39, 0.29) is 0 Å². The van der Waals surface area contributed by atoms with E-state index in [1.165, 1.54) is 21.5 Å². The zero-order chi connectivity index (χ0) is 38.2. The summed E-state index contributed by atoms with van der Waals surface area (Å²) in [7, 11) is 0. The SMILES string of the molecule is c1ccc(-c2cc(-c3nc(-c4ccccc4)nc(-c4ccccc4)n3)cc(-n3c4ccccc4c4cc5c6ccccc6c6nc7ccccc7n6c5cc43)c2)cc1. The molecule has 6 nitrogen and oxygen atoms in total. The number of aromatic nitrogens is 6. The van der Waals surface area contributed by atoms with Crippen molar-refractivity contribution in [1.82, 2.24) is 28.9 Å². The van der Waals surface area contributed by atoms with Gasteiger partial charge in [0.05, 0.1) is 27.6 Å².